The van der Waals surface area contributed by atoms with Crippen LogP contribution < -0.4 is 31.9 Å². The van der Waals surface area contributed by atoms with Gasteiger partial charge in [-0.25, -0.2) is 14.2 Å². The number of ether oxygens (including phenoxy) is 1. The molecule has 2 aromatic heterocycles. The Morgan fingerprint density at radius 3 is 2.55 bits per heavy atom. The van der Waals surface area contributed by atoms with Gasteiger partial charge in [-0.3, -0.25) is 19.0 Å². The highest BCUT2D eigenvalue weighted by Gasteiger charge is 2.22. The molecule has 44 heavy (non-hydrogen) atoms. The van der Waals surface area contributed by atoms with Crippen molar-refractivity contribution in [2.45, 2.75) is 25.4 Å². The van der Waals surface area contributed by atoms with Gasteiger partial charge in [0.1, 0.15) is 5.56 Å². The average molecular weight is 621 g/mol. The molecule has 1 fully saturated rings. The maximum Gasteiger partial charge on any atom is 0.330 e. The highest BCUT2D eigenvalue weighted by Crippen LogP contribution is 2.39. The number of hydrogen-bond acceptors (Lipinski definition) is 7. The highest BCUT2D eigenvalue weighted by molar-refractivity contribution is 6.36. The second-order valence-corrected chi connectivity index (χ2v) is 10.8. The molecule has 4 aromatic rings. The van der Waals surface area contributed by atoms with Crippen LogP contribution in [0.25, 0.3) is 22.4 Å². The summed E-state index contributed by atoms with van der Waals surface area (Å²) in [5.74, 6) is -1.17. The molecule has 3 N–H and O–H groups in total. The zero-order valence-electron chi connectivity index (χ0n) is 24.2. The van der Waals surface area contributed by atoms with Gasteiger partial charge in [-0.2, -0.15) is 0 Å². The Hall–Kier alpha value is -4.81. The molecule has 0 radical (unpaired) electrons. The fourth-order valence-corrected chi connectivity index (χ4v) is 5.39. The number of pyridine rings is 1. The summed E-state index contributed by atoms with van der Waals surface area (Å²) >= 11 is 6.82. The van der Waals surface area contributed by atoms with Gasteiger partial charge in [-0.1, -0.05) is 48.0 Å². The van der Waals surface area contributed by atoms with Crippen molar-refractivity contribution >= 4 is 29.1 Å². The van der Waals surface area contributed by atoms with E-state index in [4.69, 9.17) is 16.3 Å². The molecule has 0 spiro atoms. The molecule has 228 valence electrons. The molecule has 0 bridgehead atoms. The van der Waals surface area contributed by atoms with Crippen LogP contribution >= 0.6 is 11.6 Å². The van der Waals surface area contributed by atoms with E-state index in [1.165, 1.54) is 33.3 Å². The van der Waals surface area contributed by atoms with Crippen LogP contribution in [-0.2, 0) is 25.4 Å². The molecule has 0 aliphatic carbocycles. The molecular weight excluding hydrogens is 591 g/mol. The number of nitrogens with one attached hydrogen (secondary N) is 3. The van der Waals surface area contributed by atoms with Crippen molar-refractivity contribution in [3.8, 4) is 28.3 Å². The predicted octanol–water partition coefficient (Wildman–Crippen LogP) is 3.23. The minimum Gasteiger partial charge on any atom is -0.481 e. The first kappa shape index (κ1) is 30.6. The van der Waals surface area contributed by atoms with Gasteiger partial charge in [-0.15, -0.1) is 0 Å². The quantitative estimate of drug-likeness (QED) is 0.261. The second kappa shape index (κ2) is 12.8. The Morgan fingerprint density at radius 2 is 1.82 bits per heavy atom. The summed E-state index contributed by atoms with van der Waals surface area (Å²) in [7, 11) is 4.18. The molecular formula is C31H30ClFN6O5. The third-order valence-electron chi connectivity index (χ3n) is 7.43. The molecule has 1 atom stereocenters. The number of methoxy groups -OCH3 is 1. The number of halogens is 2. The van der Waals surface area contributed by atoms with Gasteiger partial charge < -0.3 is 25.3 Å². The summed E-state index contributed by atoms with van der Waals surface area (Å²) in [6, 6.07) is 13.3. The zero-order valence-corrected chi connectivity index (χ0v) is 25.0. The zero-order chi connectivity index (χ0) is 31.5. The van der Waals surface area contributed by atoms with Crippen LogP contribution in [0.3, 0.4) is 0 Å². The highest BCUT2D eigenvalue weighted by atomic mass is 35.5. The summed E-state index contributed by atoms with van der Waals surface area (Å²) in [4.78, 5) is 53.5. The van der Waals surface area contributed by atoms with E-state index in [-0.39, 0.29) is 33.8 Å². The summed E-state index contributed by atoms with van der Waals surface area (Å²) in [6.07, 6.45) is 2.44. The lowest BCUT2D eigenvalue weighted by Gasteiger charge is -2.15. The van der Waals surface area contributed by atoms with E-state index in [0.717, 1.165) is 27.3 Å². The Balaban J connectivity index is 1.40. The van der Waals surface area contributed by atoms with E-state index >= 15 is 4.39 Å². The summed E-state index contributed by atoms with van der Waals surface area (Å²) < 4.78 is 23.2. The van der Waals surface area contributed by atoms with Crippen LogP contribution in [0, 0.1) is 5.82 Å². The fraction of sp³-hybridized carbons (Fsp3) is 0.258. The molecule has 2 aromatic carbocycles. The molecule has 11 nitrogen and oxygen atoms in total. The Bertz CT molecular complexity index is 1890. The maximum absolute atomic E-state index is 15.8. The van der Waals surface area contributed by atoms with Crippen molar-refractivity contribution in [1.29, 1.82) is 0 Å². The van der Waals surface area contributed by atoms with E-state index in [2.05, 4.69) is 20.9 Å². The van der Waals surface area contributed by atoms with Crippen molar-refractivity contribution in [2.24, 2.45) is 14.1 Å². The molecule has 1 aliphatic heterocycles. The molecule has 1 saturated heterocycles. The van der Waals surface area contributed by atoms with E-state index in [1.54, 1.807) is 30.3 Å². The van der Waals surface area contributed by atoms with Crippen molar-refractivity contribution < 1.29 is 18.7 Å². The first-order valence-corrected chi connectivity index (χ1v) is 14.2. The lowest BCUT2D eigenvalue weighted by Crippen LogP contribution is -2.40. The third kappa shape index (κ3) is 6.12. The number of aromatic nitrogens is 3. The number of amides is 2. The van der Waals surface area contributed by atoms with Crippen LogP contribution in [0.15, 0.2) is 64.3 Å². The molecule has 0 saturated carbocycles. The topological polar surface area (TPSA) is 136 Å². The van der Waals surface area contributed by atoms with Crippen LogP contribution in [0.2, 0.25) is 5.02 Å². The first-order valence-electron chi connectivity index (χ1n) is 13.8. The normalized spacial score (nSPS) is 14.4. The summed E-state index contributed by atoms with van der Waals surface area (Å²) in [5.41, 5.74) is 0.468. The summed E-state index contributed by atoms with van der Waals surface area (Å²) in [5, 5.41) is 8.91. The molecule has 0 unspecified atom stereocenters. The van der Waals surface area contributed by atoms with Gasteiger partial charge in [0.2, 0.25) is 11.8 Å². The lowest BCUT2D eigenvalue weighted by molar-refractivity contribution is -0.119. The SMILES string of the molecule is COc1nc(-c2cccc(-c3cccc(NC(=O)c4cn(C)c(=O)n(C)c4=O)c3F)c2Cl)ccc1CNC[C@@H]1CCC(=O)N1. The van der Waals surface area contributed by atoms with E-state index < -0.39 is 23.0 Å². The first-order chi connectivity index (χ1) is 21.1. The number of carbonyl (C=O) groups is 2. The Morgan fingerprint density at radius 1 is 1.09 bits per heavy atom. The van der Waals surface area contributed by atoms with Gasteiger partial charge in [0.05, 0.1) is 23.5 Å². The van der Waals surface area contributed by atoms with E-state index in [9.17, 15) is 19.2 Å². The van der Waals surface area contributed by atoms with Crippen LogP contribution in [-0.4, -0.2) is 45.6 Å². The average Bonchev–Trinajstić information content (AvgIpc) is 3.44. The third-order valence-corrected chi connectivity index (χ3v) is 7.83. The minimum atomic E-state index is -0.865. The number of anilines is 1. The van der Waals surface area contributed by atoms with Crippen molar-refractivity contribution in [3.05, 3.63) is 97.5 Å². The molecule has 1 aliphatic rings. The Labute approximate surface area is 256 Å². The lowest BCUT2D eigenvalue weighted by atomic mass is 9.99. The molecule has 13 heteroatoms. The predicted molar refractivity (Wildman–Crippen MR) is 164 cm³/mol. The van der Waals surface area contributed by atoms with Gasteiger partial charge in [0.25, 0.3) is 11.5 Å². The summed E-state index contributed by atoms with van der Waals surface area (Å²) in [6.45, 7) is 1.10. The monoisotopic (exact) mass is 620 g/mol. The smallest absolute Gasteiger partial charge is 0.330 e. The second-order valence-electron chi connectivity index (χ2n) is 10.4. The standard InChI is InChI=1S/C31H30ClFN6O5/c1-38-16-22(30(42)39(2)31(38)43)28(41)36-24-9-5-7-20(27(24)33)19-6-4-8-21(26(19)32)23-12-10-17(29(37-23)44-3)14-34-15-18-11-13-25(40)35-18/h4-10,12,16,18,34H,11,13-15H2,1-3H3,(H,35,40)(H,36,41)/t18-/m0/s1. The van der Waals surface area contributed by atoms with Gasteiger partial charge in [0, 0.05) is 68.1 Å². The number of hydrogen-bond donors (Lipinski definition) is 3. The number of aryl methyl sites for hydroxylation is 1. The fourth-order valence-electron chi connectivity index (χ4n) is 5.07. The molecule has 5 rings (SSSR count). The van der Waals surface area contributed by atoms with Gasteiger partial charge in [0.15, 0.2) is 5.82 Å². The number of carbonyl (C=O) groups excluding carboxylic acids is 2. The minimum absolute atomic E-state index is 0.0595. The number of rotatable bonds is 9. The van der Waals surface area contributed by atoms with Crippen molar-refractivity contribution in [1.82, 2.24) is 24.8 Å². The van der Waals surface area contributed by atoms with Gasteiger partial charge in [-0.05, 0) is 18.6 Å². The Kier molecular flexibility index (Phi) is 8.93. The van der Waals surface area contributed by atoms with Crippen molar-refractivity contribution in [3.63, 3.8) is 0 Å². The number of nitrogens with zero attached hydrogens (tertiary/aromatic N) is 3. The largest absolute Gasteiger partial charge is 0.481 e. The van der Waals surface area contributed by atoms with Gasteiger partial charge >= 0.3 is 5.69 Å². The van der Waals surface area contributed by atoms with Crippen LogP contribution in [0.5, 0.6) is 5.88 Å². The van der Waals surface area contributed by atoms with Crippen molar-refractivity contribution in [2.75, 3.05) is 19.0 Å². The van der Waals surface area contributed by atoms with Crippen LogP contribution in [0.4, 0.5) is 10.1 Å². The van der Waals surface area contributed by atoms with Crippen LogP contribution in [0.1, 0.15) is 28.8 Å². The maximum atomic E-state index is 15.8. The molecule has 3 heterocycles. The number of benzene rings is 2. The van der Waals surface area contributed by atoms with E-state index in [0.29, 0.717) is 42.2 Å². The molecule has 2 amide bonds. The van der Waals surface area contributed by atoms with E-state index in [1.807, 2.05) is 6.07 Å².